The summed E-state index contributed by atoms with van der Waals surface area (Å²) < 4.78 is 17.0. The fraction of sp³-hybridized carbons (Fsp3) is 0.822. The summed E-state index contributed by atoms with van der Waals surface area (Å²) in [6.45, 7) is 6.58. The van der Waals surface area contributed by atoms with Gasteiger partial charge in [-0.15, -0.1) is 0 Å². The summed E-state index contributed by atoms with van der Waals surface area (Å²) in [5.41, 5.74) is 0. The molecule has 0 bridgehead atoms. The predicted molar refractivity (Wildman–Crippen MR) is 344 cm³/mol. The molecule has 6 nitrogen and oxygen atoms in total. The van der Waals surface area contributed by atoms with Crippen molar-refractivity contribution in [2.24, 2.45) is 0 Å². The van der Waals surface area contributed by atoms with Crippen molar-refractivity contribution in [3.05, 3.63) is 60.8 Å². The number of carbonyl (C=O) groups is 3. The molecule has 1 atom stereocenters. The Balaban J connectivity index is 4.36. The number of hydrogen-bond acceptors (Lipinski definition) is 6. The quantitative estimate of drug-likeness (QED) is 0.0261. The molecule has 0 radical (unpaired) electrons. The minimum atomic E-state index is -0.781. The maximum Gasteiger partial charge on any atom is 0.306 e. The Bertz CT molecular complexity index is 1410. The smallest absolute Gasteiger partial charge is 0.306 e. The van der Waals surface area contributed by atoms with Gasteiger partial charge in [-0.25, -0.2) is 0 Å². The fourth-order valence-electron chi connectivity index (χ4n) is 10.4. The maximum absolute atomic E-state index is 13.0. The van der Waals surface area contributed by atoms with Crippen LogP contribution in [0, 0.1) is 0 Å². The Morgan fingerprint density at radius 2 is 0.494 bits per heavy atom. The maximum atomic E-state index is 13.0. The molecule has 1 unspecified atom stereocenters. The van der Waals surface area contributed by atoms with Gasteiger partial charge in [0.05, 0.1) is 0 Å². The van der Waals surface area contributed by atoms with Crippen molar-refractivity contribution >= 4 is 17.9 Å². The van der Waals surface area contributed by atoms with E-state index in [9.17, 15) is 14.4 Å². The SMILES string of the molecule is CC/C=C\C/C=C\C/C=C\C/C=C\C/C=C\CCCCCCCC(=O)OCC(COC(=O)CCCCCCCCCCCCCCCCCCCCC)OC(=O)CCCCCCCCCCCCCCCCCCCCCCC. The van der Waals surface area contributed by atoms with Crippen LogP contribution in [0.3, 0.4) is 0 Å². The first-order chi connectivity index (χ1) is 39.0. The predicted octanol–water partition coefficient (Wildman–Crippen LogP) is 23.9. The molecule has 6 heteroatoms. The number of hydrogen-bond donors (Lipinski definition) is 0. The molecule has 0 aromatic carbocycles. The Morgan fingerprint density at radius 1 is 0.266 bits per heavy atom. The molecule has 0 aromatic rings. The largest absolute Gasteiger partial charge is 0.462 e. The lowest BCUT2D eigenvalue weighted by molar-refractivity contribution is -0.167. The van der Waals surface area contributed by atoms with E-state index in [1.165, 1.54) is 218 Å². The van der Waals surface area contributed by atoms with Crippen molar-refractivity contribution in [2.75, 3.05) is 13.2 Å². The summed E-state index contributed by atoms with van der Waals surface area (Å²) in [6, 6.07) is 0. The molecule has 0 saturated carbocycles. The summed E-state index contributed by atoms with van der Waals surface area (Å²) in [6.07, 6.45) is 86.7. The fourth-order valence-corrected chi connectivity index (χ4v) is 10.4. The highest BCUT2D eigenvalue weighted by Crippen LogP contribution is 2.18. The van der Waals surface area contributed by atoms with E-state index < -0.39 is 6.10 Å². The van der Waals surface area contributed by atoms with Gasteiger partial charge in [0, 0.05) is 19.3 Å². The van der Waals surface area contributed by atoms with Gasteiger partial charge in [-0.1, -0.05) is 345 Å². The molecule has 0 saturated heterocycles. The van der Waals surface area contributed by atoms with Crippen molar-refractivity contribution in [1.82, 2.24) is 0 Å². The first kappa shape index (κ1) is 76.1. The second-order valence-corrected chi connectivity index (χ2v) is 23.4. The molecule has 0 rings (SSSR count). The first-order valence-corrected chi connectivity index (χ1v) is 34.8. The molecular formula is C73H132O6. The lowest BCUT2D eigenvalue weighted by Crippen LogP contribution is -2.30. The van der Waals surface area contributed by atoms with Gasteiger partial charge >= 0.3 is 17.9 Å². The van der Waals surface area contributed by atoms with Gasteiger partial charge in [0.1, 0.15) is 13.2 Å². The highest BCUT2D eigenvalue weighted by Gasteiger charge is 2.19. The molecule has 0 aromatic heterocycles. The first-order valence-electron chi connectivity index (χ1n) is 34.8. The minimum absolute atomic E-state index is 0.0752. The molecule has 0 spiro atoms. The standard InChI is InChI=1S/C73H132O6/c1-4-7-10-13-16-19-22-25-28-31-34-36-39-42-45-48-51-54-57-60-63-66-72(75)78-69-70(68-77-71(74)65-62-59-56-53-50-47-44-41-38-33-30-27-24-21-18-15-12-9-6-3)79-73(76)67-64-61-58-55-52-49-46-43-40-37-35-32-29-26-23-20-17-14-11-8-5-2/h7,10,16,19,25,28,34,36,42,45,70H,4-6,8-9,11-15,17-18,20-24,26-27,29-33,35,37-41,43-44,46-69H2,1-3H3/b10-7-,19-16-,28-25-,36-34-,45-42-. The number of ether oxygens (including phenoxy) is 3. The Kier molecular flexibility index (Phi) is 65.1. The molecule has 0 heterocycles. The van der Waals surface area contributed by atoms with Gasteiger partial charge < -0.3 is 14.2 Å². The van der Waals surface area contributed by atoms with Crippen molar-refractivity contribution in [3.8, 4) is 0 Å². The zero-order valence-corrected chi connectivity index (χ0v) is 52.9. The highest BCUT2D eigenvalue weighted by atomic mass is 16.6. The minimum Gasteiger partial charge on any atom is -0.462 e. The van der Waals surface area contributed by atoms with Crippen molar-refractivity contribution in [3.63, 3.8) is 0 Å². The summed E-state index contributed by atoms with van der Waals surface area (Å²) in [5.74, 6) is -0.868. The van der Waals surface area contributed by atoms with Crippen molar-refractivity contribution in [1.29, 1.82) is 0 Å². The normalized spacial score (nSPS) is 12.4. The third kappa shape index (κ3) is 65.8. The second-order valence-electron chi connectivity index (χ2n) is 23.4. The zero-order chi connectivity index (χ0) is 57.1. The van der Waals surface area contributed by atoms with E-state index >= 15 is 0 Å². The zero-order valence-electron chi connectivity index (χ0n) is 52.9. The molecule has 0 fully saturated rings. The van der Waals surface area contributed by atoms with E-state index in [2.05, 4.69) is 81.5 Å². The molecule has 0 aliphatic rings. The van der Waals surface area contributed by atoms with Gasteiger partial charge in [0.15, 0.2) is 6.10 Å². The van der Waals surface area contributed by atoms with E-state index in [4.69, 9.17) is 14.2 Å². The molecule has 0 N–H and O–H groups in total. The topological polar surface area (TPSA) is 78.9 Å². The molecule has 0 aliphatic heterocycles. The van der Waals surface area contributed by atoms with Gasteiger partial charge in [-0.2, -0.15) is 0 Å². The van der Waals surface area contributed by atoms with Crippen molar-refractivity contribution < 1.29 is 28.6 Å². The van der Waals surface area contributed by atoms with Crippen LogP contribution in [-0.2, 0) is 28.6 Å². The van der Waals surface area contributed by atoms with Crippen LogP contribution in [0.4, 0.5) is 0 Å². The number of allylic oxidation sites excluding steroid dienone is 10. The summed E-state index contributed by atoms with van der Waals surface area (Å²) >= 11 is 0. The molecular weight excluding hydrogens is 973 g/mol. The van der Waals surface area contributed by atoms with E-state index in [1.54, 1.807) is 0 Å². The summed E-state index contributed by atoms with van der Waals surface area (Å²) in [5, 5.41) is 0. The van der Waals surface area contributed by atoms with Crippen LogP contribution in [0.15, 0.2) is 60.8 Å². The third-order valence-corrected chi connectivity index (χ3v) is 15.5. The van der Waals surface area contributed by atoms with Crippen LogP contribution in [0.2, 0.25) is 0 Å². The average molecular weight is 1110 g/mol. The van der Waals surface area contributed by atoms with E-state index in [1.807, 2.05) is 0 Å². The Hall–Kier alpha value is -2.89. The number of rotatable bonds is 64. The van der Waals surface area contributed by atoms with Crippen LogP contribution >= 0.6 is 0 Å². The van der Waals surface area contributed by atoms with Crippen LogP contribution in [0.1, 0.15) is 367 Å². The van der Waals surface area contributed by atoms with Crippen LogP contribution in [-0.4, -0.2) is 37.2 Å². The summed E-state index contributed by atoms with van der Waals surface area (Å²) in [4.78, 5) is 38.5. The van der Waals surface area contributed by atoms with Gasteiger partial charge in [-0.3, -0.25) is 14.4 Å². The molecule has 79 heavy (non-hydrogen) atoms. The number of carbonyl (C=O) groups excluding carboxylic acids is 3. The van der Waals surface area contributed by atoms with Crippen LogP contribution in [0.25, 0.3) is 0 Å². The van der Waals surface area contributed by atoms with E-state index in [0.29, 0.717) is 19.3 Å². The highest BCUT2D eigenvalue weighted by molar-refractivity contribution is 5.71. The molecule has 0 aliphatic carbocycles. The second kappa shape index (κ2) is 67.6. The lowest BCUT2D eigenvalue weighted by atomic mass is 10.0. The Labute approximate surface area is 491 Å². The molecule has 0 amide bonds. The van der Waals surface area contributed by atoms with Gasteiger partial charge in [0.25, 0.3) is 0 Å². The van der Waals surface area contributed by atoms with Crippen LogP contribution < -0.4 is 0 Å². The average Bonchev–Trinajstić information content (AvgIpc) is 3.45. The lowest BCUT2D eigenvalue weighted by Gasteiger charge is -2.18. The third-order valence-electron chi connectivity index (χ3n) is 15.5. The van der Waals surface area contributed by atoms with E-state index in [0.717, 1.165) is 109 Å². The van der Waals surface area contributed by atoms with Crippen LogP contribution in [0.5, 0.6) is 0 Å². The number of unbranched alkanes of at least 4 members (excludes halogenated alkanes) is 43. The monoisotopic (exact) mass is 1110 g/mol. The van der Waals surface area contributed by atoms with E-state index in [-0.39, 0.29) is 31.1 Å². The summed E-state index contributed by atoms with van der Waals surface area (Å²) in [7, 11) is 0. The Morgan fingerprint density at radius 3 is 0.772 bits per heavy atom. The molecule has 460 valence electrons. The number of esters is 3. The van der Waals surface area contributed by atoms with Crippen molar-refractivity contribution in [2.45, 2.75) is 374 Å². The van der Waals surface area contributed by atoms with Gasteiger partial charge in [-0.05, 0) is 64.2 Å². The van der Waals surface area contributed by atoms with Gasteiger partial charge in [0.2, 0.25) is 0 Å².